The van der Waals surface area contributed by atoms with E-state index in [9.17, 15) is 19.7 Å². The minimum Gasteiger partial charge on any atom is -0.385 e. The highest BCUT2D eigenvalue weighted by Gasteiger charge is 2.21. The smallest absolute Gasteiger partial charge is 0.269 e. The van der Waals surface area contributed by atoms with Crippen molar-refractivity contribution < 1.29 is 19.2 Å². The van der Waals surface area contributed by atoms with Gasteiger partial charge >= 0.3 is 0 Å². The number of methoxy groups -OCH3 is 1. The van der Waals surface area contributed by atoms with E-state index in [1.54, 1.807) is 30.2 Å². The van der Waals surface area contributed by atoms with Gasteiger partial charge in [-0.05, 0) is 53.8 Å². The molecule has 9 heteroatoms. The fraction of sp³-hybridized carbons (Fsp3) is 0.250. The lowest BCUT2D eigenvalue weighted by molar-refractivity contribution is -0.384. The van der Waals surface area contributed by atoms with Gasteiger partial charge in [-0.15, -0.1) is 0 Å². The number of aromatic amines is 1. The fourth-order valence-electron chi connectivity index (χ4n) is 4.60. The topological polar surface area (TPSA) is 109 Å². The number of H-pyrrole nitrogens is 1. The van der Waals surface area contributed by atoms with E-state index in [4.69, 9.17) is 4.74 Å². The third-order valence-corrected chi connectivity index (χ3v) is 6.83. The van der Waals surface area contributed by atoms with Gasteiger partial charge in [0.05, 0.1) is 4.92 Å². The quantitative estimate of drug-likeness (QED) is 0.0994. The predicted octanol–water partition coefficient (Wildman–Crippen LogP) is 5.23. The van der Waals surface area contributed by atoms with Crippen molar-refractivity contribution in [2.24, 2.45) is 0 Å². The first-order chi connectivity index (χ1) is 19.9. The number of para-hydroxylation sites is 1. The molecule has 1 heterocycles. The Hall–Kier alpha value is -4.76. The minimum atomic E-state index is -0.471. The van der Waals surface area contributed by atoms with Crippen molar-refractivity contribution >= 4 is 34.5 Å². The molecule has 0 bridgehead atoms. The first-order valence-electron chi connectivity index (χ1n) is 13.5. The number of benzene rings is 3. The number of carbonyl (C=O) groups excluding carboxylic acids is 2. The van der Waals surface area contributed by atoms with Crippen LogP contribution >= 0.6 is 0 Å². The van der Waals surface area contributed by atoms with Crippen molar-refractivity contribution in [2.45, 2.75) is 19.4 Å². The van der Waals surface area contributed by atoms with Gasteiger partial charge in [0.2, 0.25) is 11.8 Å². The molecule has 3 aromatic carbocycles. The van der Waals surface area contributed by atoms with E-state index >= 15 is 0 Å². The summed E-state index contributed by atoms with van der Waals surface area (Å²) in [6, 6.07) is 23.8. The Morgan fingerprint density at radius 1 is 0.951 bits per heavy atom. The minimum absolute atomic E-state index is 0.0218. The summed E-state index contributed by atoms with van der Waals surface area (Å²) < 4.78 is 5.17. The molecule has 0 radical (unpaired) electrons. The second-order valence-electron chi connectivity index (χ2n) is 9.70. The summed E-state index contributed by atoms with van der Waals surface area (Å²) in [6.07, 6.45) is 6.22. The zero-order chi connectivity index (χ0) is 29.0. The second-order valence-corrected chi connectivity index (χ2v) is 9.70. The van der Waals surface area contributed by atoms with Crippen LogP contribution in [-0.2, 0) is 27.3 Å². The number of hydrogen-bond acceptors (Lipinski definition) is 5. The van der Waals surface area contributed by atoms with Crippen molar-refractivity contribution in [3.05, 3.63) is 118 Å². The number of nitro benzene ring substituents is 1. The molecule has 4 aromatic rings. The molecule has 0 aliphatic carbocycles. The van der Waals surface area contributed by atoms with Crippen LogP contribution in [0.1, 0.15) is 23.1 Å². The third kappa shape index (κ3) is 8.36. The summed E-state index contributed by atoms with van der Waals surface area (Å²) in [4.78, 5) is 44.0. The lowest BCUT2D eigenvalue weighted by atomic mass is 10.1. The summed E-state index contributed by atoms with van der Waals surface area (Å²) in [5.41, 5.74) is 3.82. The van der Waals surface area contributed by atoms with Crippen molar-refractivity contribution in [3.63, 3.8) is 0 Å². The van der Waals surface area contributed by atoms with Gasteiger partial charge in [0.25, 0.3) is 5.69 Å². The summed E-state index contributed by atoms with van der Waals surface area (Å²) >= 11 is 0. The van der Waals surface area contributed by atoms with E-state index in [1.807, 2.05) is 54.7 Å². The largest absolute Gasteiger partial charge is 0.385 e. The zero-order valence-electron chi connectivity index (χ0n) is 23.1. The first kappa shape index (κ1) is 29.2. The molecule has 0 fully saturated rings. The van der Waals surface area contributed by atoms with Crippen LogP contribution in [0.2, 0.25) is 0 Å². The molecule has 0 saturated carbocycles. The van der Waals surface area contributed by atoms with Gasteiger partial charge in [-0.3, -0.25) is 19.7 Å². The Balaban J connectivity index is 1.49. The van der Waals surface area contributed by atoms with Crippen LogP contribution in [0.15, 0.2) is 91.1 Å². The lowest BCUT2D eigenvalue weighted by Crippen LogP contribution is -2.43. The Morgan fingerprint density at radius 3 is 2.41 bits per heavy atom. The SMILES string of the molecule is COCCCN(CC(=O)N(CCc1c[nH]c2ccccc12)Cc1ccccc1)C(=O)C=Cc1ccc([N+](=O)[O-])cc1. The number of nitrogens with zero attached hydrogens (tertiary/aromatic N) is 3. The number of nitrogens with one attached hydrogen (secondary N) is 1. The summed E-state index contributed by atoms with van der Waals surface area (Å²) in [5.74, 6) is -0.465. The molecule has 0 aliphatic rings. The third-order valence-electron chi connectivity index (χ3n) is 6.83. The molecule has 2 amide bonds. The zero-order valence-corrected chi connectivity index (χ0v) is 23.1. The van der Waals surface area contributed by atoms with E-state index < -0.39 is 4.92 Å². The molecule has 0 unspecified atom stereocenters. The van der Waals surface area contributed by atoms with Gasteiger partial charge in [-0.2, -0.15) is 0 Å². The van der Waals surface area contributed by atoms with Crippen LogP contribution in [0.5, 0.6) is 0 Å². The molecular formula is C32H34N4O5. The van der Waals surface area contributed by atoms with E-state index in [2.05, 4.69) is 11.1 Å². The molecule has 9 nitrogen and oxygen atoms in total. The molecule has 0 atom stereocenters. The summed E-state index contributed by atoms with van der Waals surface area (Å²) in [7, 11) is 1.60. The van der Waals surface area contributed by atoms with E-state index in [0.717, 1.165) is 22.0 Å². The number of rotatable bonds is 14. The molecule has 0 aliphatic heterocycles. The van der Waals surface area contributed by atoms with Crippen molar-refractivity contribution in [3.8, 4) is 0 Å². The normalized spacial score (nSPS) is 11.1. The maximum absolute atomic E-state index is 13.7. The number of hydrogen-bond donors (Lipinski definition) is 1. The van der Waals surface area contributed by atoms with Gasteiger partial charge in [0.15, 0.2) is 0 Å². The molecule has 1 N–H and O–H groups in total. The highest BCUT2D eigenvalue weighted by Crippen LogP contribution is 2.19. The van der Waals surface area contributed by atoms with Crippen LogP contribution in [-0.4, -0.2) is 64.9 Å². The van der Waals surface area contributed by atoms with Gasteiger partial charge in [0, 0.05) is 68.7 Å². The average molecular weight is 555 g/mol. The van der Waals surface area contributed by atoms with Crippen LogP contribution in [0.25, 0.3) is 17.0 Å². The maximum Gasteiger partial charge on any atom is 0.269 e. The Kier molecular flexibility index (Phi) is 10.4. The molecule has 212 valence electrons. The van der Waals surface area contributed by atoms with E-state index in [1.165, 1.54) is 23.1 Å². The number of amides is 2. The maximum atomic E-state index is 13.7. The summed E-state index contributed by atoms with van der Waals surface area (Å²) in [6.45, 7) is 1.66. The lowest BCUT2D eigenvalue weighted by Gasteiger charge is -2.27. The van der Waals surface area contributed by atoms with Crippen LogP contribution in [0.4, 0.5) is 5.69 Å². The van der Waals surface area contributed by atoms with Crippen molar-refractivity contribution in [1.29, 1.82) is 0 Å². The van der Waals surface area contributed by atoms with E-state index in [-0.39, 0.29) is 24.0 Å². The summed E-state index contributed by atoms with van der Waals surface area (Å²) in [5, 5.41) is 12.0. The van der Waals surface area contributed by atoms with Gasteiger partial charge in [-0.1, -0.05) is 48.5 Å². The standard InChI is InChI=1S/C32H34N4O5/c1-41-21-7-19-34(31(37)17-14-25-12-15-28(16-13-25)36(39)40)24-32(38)35(23-26-8-3-2-4-9-26)20-18-27-22-33-30-11-6-5-10-29(27)30/h2-6,8-17,22,33H,7,18-21,23-24H2,1H3. The number of non-ortho nitro benzene ring substituents is 1. The second kappa shape index (κ2) is 14.6. The molecule has 0 spiro atoms. The van der Waals surface area contributed by atoms with Crippen molar-refractivity contribution in [1.82, 2.24) is 14.8 Å². The predicted molar refractivity (Wildman–Crippen MR) is 159 cm³/mol. The molecule has 41 heavy (non-hydrogen) atoms. The molecule has 0 saturated heterocycles. The monoisotopic (exact) mass is 554 g/mol. The number of aromatic nitrogens is 1. The highest BCUT2D eigenvalue weighted by molar-refractivity contribution is 5.94. The Labute approximate surface area is 239 Å². The Morgan fingerprint density at radius 2 is 1.68 bits per heavy atom. The highest BCUT2D eigenvalue weighted by atomic mass is 16.6. The van der Waals surface area contributed by atoms with Crippen LogP contribution in [0, 0.1) is 10.1 Å². The van der Waals surface area contributed by atoms with Crippen molar-refractivity contribution in [2.75, 3.05) is 33.4 Å². The van der Waals surface area contributed by atoms with Crippen LogP contribution in [0.3, 0.4) is 0 Å². The first-order valence-corrected chi connectivity index (χ1v) is 13.5. The average Bonchev–Trinajstić information content (AvgIpc) is 3.41. The number of nitro groups is 1. The van der Waals surface area contributed by atoms with Crippen LogP contribution < -0.4 is 0 Å². The van der Waals surface area contributed by atoms with Gasteiger partial charge < -0.3 is 19.5 Å². The van der Waals surface area contributed by atoms with Gasteiger partial charge in [0.1, 0.15) is 6.54 Å². The molecule has 4 rings (SSSR count). The van der Waals surface area contributed by atoms with E-state index in [0.29, 0.717) is 44.6 Å². The Bertz CT molecular complexity index is 1480. The molecular weight excluding hydrogens is 520 g/mol. The number of carbonyl (C=O) groups is 2. The fourth-order valence-corrected chi connectivity index (χ4v) is 4.60. The molecule has 1 aromatic heterocycles. The number of fused-ring (bicyclic) bond motifs is 1. The number of ether oxygens (including phenoxy) is 1. The van der Waals surface area contributed by atoms with Gasteiger partial charge in [-0.25, -0.2) is 0 Å².